The molecule has 1 aromatic rings. The molecule has 1 amide bonds. The lowest BCUT2D eigenvalue weighted by atomic mass is 10.1. The molecule has 0 aromatic heterocycles. The van der Waals surface area contributed by atoms with Crippen molar-refractivity contribution in [3.8, 4) is 5.75 Å². The molecule has 0 bridgehead atoms. The topological polar surface area (TPSA) is 64.6 Å². The van der Waals surface area contributed by atoms with Gasteiger partial charge in [0, 0.05) is 11.6 Å². The van der Waals surface area contributed by atoms with Crippen LogP contribution in [-0.4, -0.2) is 25.1 Å². The van der Waals surface area contributed by atoms with Crippen LogP contribution in [0.3, 0.4) is 0 Å². The standard InChI is InChI=1S/C13H16FNO4/c1-13(2,3)19-12(17)15-11-8(7-16)5-9(14)6-10(11)18-4/h5-7H,1-4H3,(H,15,17). The first-order chi connectivity index (χ1) is 8.76. The quantitative estimate of drug-likeness (QED) is 0.857. The summed E-state index contributed by atoms with van der Waals surface area (Å²) in [6.07, 6.45) is -0.321. The third kappa shape index (κ3) is 4.24. The molecule has 1 aromatic carbocycles. The summed E-state index contributed by atoms with van der Waals surface area (Å²) in [6, 6.07) is 2.07. The van der Waals surface area contributed by atoms with Crippen molar-refractivity contribution >= 4 is 18.1 Å². The normalized spacial score (nSPS) is 10.8. The van der Waals surface area contributed by atoms with E-state index >= 15 is 0 Å². The van der Waals surface area contributed by atoms with Crippen LogP contribution >= 0.6 is 0 Å². The van der Waals surface area contributed by atoms with Gasteiger partial charge in [-0.1, -0.05) is 0 Å². The van der Waals surface area contributed by atoms with Crippen LogP contribution in [0.15, 0.2) is 12.1 Å². The zero-order chi connectivity index (χ0) is 14.6. The molecule has 0 atom stereocenters. The van der Waals surface area contributed by atoms with Gasteiger partial charge < -0.3 is 9.47 Å². The highest BCUT2D eigenvalue weighted by molar-refractivity contribution is 5.95. The molecule has 19 heavy (non-hydrogen) atoms. The number of hydrogen-bond donors (Lipinski definition) is 1. The van der Waals surface area contributed by atoms with Gasteiger partial charge >= 0.3 is 6.09 Å². The van der Waals surface area contributed by atoms with E-state index in [9.17, 15) is 14.0 Å². The second-order valence-electron chi connectivity index (χ2n) is 4.82. The van der Waals surface area contributed by atoms with E-state index in [1.807, 2.05) is 0 Å². The molecule has 1 N–H and O–H groups in total. The van der Waals surface area contributed by atoms with Gasteiger partial charge in [-0.25, -0.2) is 9.18 Å². The molecule has 0 heterocycles. The minimum atomic E-state index is -0.750. The van der Waals surface area contributed by atoms with Gasteiger partial charge in [-0.15, -0.1) is 0 Å². The van der Waals surface area contributed by atoms with Crippen molar-refractivity contribution < 1.29 is 23.5 Å². The molecule has 0 saturated heterocycles. The molecule has 0 fully saturated rings. The van der Waals surface area contributed by atoms with E-state index in [-0.39, 0.29) is 17.0 Å². The third-order valence-electron chi connectivity index (χ3n) is 2.07. The first-order valence-electron chi connectivity index (χ1n) is 5.59. The molecule has 0 radical (unpaired) electrons. The van der Waals surface area contributed by atoms with E-state index in [0.29, 0.717) is 6.29 Å². The van der Waals surface area contributed by atoms with Crippen LogP contribution in [-0.2, 0) is 4.74 Å². The average Bonchev–Trinajstić information content (AvgIpc) is 2.28. The molecular weight excluding hydrogens is 253 g/mol. The number of anilines is 1. The number of nitrogens with one attached hydrogen (secondary N) is 1. The lowest BCUT2D eigenvalue weighted by Crippen LogP contribution is -2.27. The summed E-state index contributed by atoms with van der Waals surface area (Å²) in [5, 5.41) is 2.38. The Hall–Kier alpha value is -2.11. The Balaban J connectivity index is 3.06. The second-order valence-corrected chi connectivity index (χ2v) is 4.82. The Bertz CT molecular complexity index is 494. The number of aldehydes is 1. The van der Waals surface area contributed by atoms with Crippen LogP contribution in [0.1, 0.15) is 31.1 Å². The number of ether oxygens (including phenoxy) is 2. The lowest BCUT2D eigenvalue weighted by molar-refractivity contribution is 0.0635. The monoisotopic (exact) mass is 269 g/mol. The summed E-state index contributed by atoms with van der Waals surface area (Å²) in [7, 11) is 1.31. The molecule has 0 aliphatic carbocycles. The van der Waals surface area contributed by atoms with Crippen LogP contribution in [0.25, 0.3) is 0 Å². The molecular formula is C13H16FNO4. The van der Waals surface area contributed by atoms with Crippen molar-refractivity contribution in [1.82, 2.24) is 0 Å². The van der Waals surface area contributed by atoms with Crippen molar-refractivity contribution in [2.75, 3.05) is 12.4 Å². The van der Waals surface area contributed by atoms with Gasteiger partial charge in [0.15, 0.2) is 6.29 Å². The minimum absolute atomic E-state index is 0.0253. The molecule has 104 valence electrons. The average molecular weight is 269 g/mol. The van der Waals surface area contributed by atoms with Crippen molar-refractivity contribution in [2.45, 2.75) is 26.4 Å². The summed E-state index contributed by atoms with van der Waals surface area (Å²) in [4.78, 5) is 22.6. The van der Waals surface area contributed by atoms with Gasteiger partial charge in [0.05, 0.1) is 12.8 Å². The van der Waals surface area contributed by atoms with Crippen LogP contribution in [0.4, 0.5) is 14.9 Å². The lowest BCUT2D eigenvalue weighted by Gasteiger charge is -2.20. The van der Waals surface area contributed by atoms with Crippen LogP contribution in [0.5, 0.6) is 5.75 Å². The highest BCUT2D eigenvalue weighted by Crippen LogP contribution is 2.29. The third-order valence-corrected chi connectivity index (χ3v) is 2.07. The molecule has 0 spiro atoms. The number of amides is 1. The van der Waals surface area contributed by atoms with E-state index in [2.05, 4.69) is 5.32 Å². The summed E-state index contributed by atoms with van der Waals surface area (Å²) in [5.41, 5.74) is -0.630. The Morgan fingerprint density at radius 3 is 2.47 bits per heavy atom. The van der Waals surface area contributed by atoms with Crippen molar-refractivity contribution in [3.63, 3.8) is 0 Å². The molecule has 0 aliphatic heterocycles. The maximum atomic E-state index is 13.2. The van der Waals surface area contributed by atoms with E-state index in [4.69, 9.17) is 9.47 Å². The summed E-state index contributed by atoms with van der Waals surface area (Å²) >= 11 is 0. The first kappa shape index (κ1) is 14.9. The predicted molar refractivity (Wildman–Crippen MR) is 68.2 cm³/mol. The summed E-state index contributed by atoms with van der Waals surface area (Å²) < 4.78 is 23.2. The van der Waals surface area contributed by atoms with Crippen LogP contribution < -0.4 is 10.1 Å². The largest absolute Gasteiger partial charge is 0.494 e. The first-order valence-corrected chi connectivity index (χ1v) is 5.59. The van der Waals surface area contributed by atoms with E-state index in [1.54, 1.807) is 20.8 Å². The number of hydrogen-bond acceptors (Lipinski definition) is 4. The minimum Gasteiger partial charge on any atom is -0.494 e. The number of carbonyl (C=O) groups is 2. The molecule has 5 nitrogen and oxygen atoms in total. The van der Waals surface area contributed by atoms with E-state index in [1.165, 1.54) is 7.11 Å². The zero-order valence-electron chi connectivity index (χ0n) is 11.2. The van der Waals surface area contributed by atoms with Crippen molar-refractivity contribution in [1.29, 1.82) is 0 Å². The van der Waals surface area contributed by atoms with Crippen molar-refractivity contribution in [2.24, 2.45) is 0 Å². The number of rotatable bonds is 3. The Morgan fingerprint density at radius 2 is 2.00 bits per heavy atom. The SMILES string of the molecule is COc1cc(F)cc(C=O)c1NC(=O)OC(C)(C)C. The Labute approximate surface area is 110 Å². The van der Waals surface area contributed by atoms with Crippen molar-refractivity contribution in [3.05, 3.63) is 23.5 Å². The molecule has 0 saturated carbocycles. The summed E-state index contributed by atoms with van der Waals surface area (Å²) in [6.45, 7) is 5.11. The fraction of sp³-hybridized carbons (Fsp3) is 0.385. The highest BCUT2D eigenvalue weighted by atomic mass is 19.1. The smallest absolute Gasteiger partial charge is 0.412 e. The zero-order valence-corrected chi connectivity index (χ0v) is 11.2. The van der Waals surface area contributed by atoms with Gasteiger partial charge in [-0.3, -0.25) is 10.1 Å². The number of carbonyl (C=O) groups excluding carboxylic acids is 2. The van der Waals surface area contributed by atoms with Gasteiger partial charge in [-0.2, -0.15) is 0 Å². The van der Waals surface area contributed by atoms with E-state index < -0.39 is 17.5 Å². The van der Waals surface area contributed by atoms with Gasteiger partial charge in [0.1, 0.15) is 17.2 Å². The number of benzene rings is 1. The molecule has 0 unspecified atom stereocenters. The Morgan fingerprint density at radius 1 is 1.37 bits per heavy atom. The highest BCUT2D eigenvalue weighted by Gasteiger charge is 2.19. The predicted octanol–water partition coefficient (Wildman–Crippen LogP) is 2.99. The van der Waals surface area contributed by atoms with E-state index in [0.717, 1.165) is 12.1 Å². The maximum absolute atomic E-state index is 13.2. The number of methoxy groups -OCH3 is 1. The molecule has 0 aliphatic rings. The van der Waals surface area contributed by atoms with Gasteiger partial charge in [-0.05, 0) is 26.8 Å². The maximum Gasteiger partial charge on any atom is 0.412 e. The van der Waals surface area contributed by atoms with Gasteiger partial charge in [0.2, 0.25) is 0 Å². The molecule has 1 rings (SSSR count). The molecule has 6 heteroatoms. The Kier molecular flexibility index (Phi) is 4.47. The second kappa shape index (κ2) is 5.69. The van der Waals surface area contributed by atoms with Crippen LogP contribution in [0, 0.1) is 5.82 Å². The van der Waals surface area contributed by atoms with Gasteiger partial charge in [0.25, 0.3) is 0 Å². The van der Waals surface area contributed by atoms with Crippen LogP contribution in [0.2, 0.25) is 0 Å². The fourth-order valence-corrected chi connectivity index (χ4v) is 1.40. The number of halogens is 1. The fourth-order valence-electron chi connectivity index (χ4n) is 1.40. The summed E-state index contributed by atoms with van der Waals surface area (Å²) in [5.74, 6) is -0.582.